The summed E-state index contributed by atoms with van der Waals surface area (Å²) in [6, 6.07) is 4.31. The van der Waals surface area contributed by atoms with Gasteiger partial charge in [0, 0.05) is 25.7 Å². The number of halogens is 1. The maximum absolute atomic E-state index is 14.0. The first kappa shape index (κ1) is 16.4. The number of hydrogen-bond donors (Lipinski definition) is 2. The summed E-state index contributed by atoms with van der Waals surface area (Å²) < 4.78 is 45.5. The van der Waals surface area contributed by atoms with E-state index in [0.29, 0.717) is 12.6 Å². The Labute approximate surface area is 124 Å². The molecular weight excluding hydrogens is 295 g/mol. The maximum Gasteiger partial charge on any atom is 0.243 e. The summed E-state index contributed by atoms with van der Waals surface area (Å²) in [5, 5.41) is 3.26. The number of rotatable bonds is 8. The van der Waals surface area contributed by atoms with Crippen molar-refractivity contribution in [3.05, 3.63) is 29.6 Å². The number of benzene rings is 1. The van der Waals surface area contributed by atoms with Crippen molar-refractivity contribution in [2.45, 2.75) is 43.3 Å². The highest BCUT2D eigenvalue weighted by Gasteiger charge is 2.23. The van der Waals surface area contributed by atoms with E-state index in [1.807, 2.05) is 0 Å². The van der Waals surface area contributed by atoms with Gasteiger partial charge in [-0.2, -0.15) is 0 Å². The predicted molar refractivity (Wildman–Crippen MR) is 77.9 cm³/mol. The Kier molecular flexibility index (Phi) is 5.32. The van der Waals surface area contributed by atoms with E-state index in [2.05, 4.69) is 10.0 Å². The van der Waals surface area contributed by atoms with Crippen LogP contribution in [0.2, 0.25) is 0 Å². The molecule has 1 aliphatic carbocycles. The van der Waals surface area contributed by atoms with Gasteiger partial charge in [-0.1, -0.05) is 6.07 Å². The smallest absolute Gasteiger partial charge is 0.243 e. The number of ether oxygens (including phenoxy) is 1. The zero-order valence-corrected chi connectivity index (χ0v) is 13.0. The highest BCUT2D eigenvalue weighted by Crippen LogP contribution is 2.20. The van der Waals surface area contributed by atoms with Crippen molar-refractivity contribution < 1.29 is 17.5 Å². The first-order valence-corrected chi connectivity index (χ1v) is 8.44. The van der Waals surface area contributed by atoms with Crippen LogP contribution in [0.25, 0.3) is 0 Å². The standard InChI is InChI=1S/C14H21FN2O3S/c1-10(9-20-2)17-21(18,19)14-6-3-11(7-13(14)15)8-16-12-4-5-12/h3,6-7,10,12,16-17H,4-5,8-9H2,1-2H3. The molecule has 0 heterocycles. The highest BCUT2D eigenvalue weighted by atomic mass is 32.2. The topological polar surface area (TPSA) is 67.4 Å². The molecule has 0 amide bonds. The second kappa shape index (κ2) is 6.83. The minimum Gasteiger partial charge on any atom is -0.383 e. The average molecular weight is 316 g/mol. The third-order valence-corrected chi connectivity index (χ3v) is 4.85. The van der Waals surface area contributed by atoms with Crippen molar-refractivity contribution in [1.29, 1.82) is 0 Å². The molecule has 7 heteroatoms. The molecule has 0 aromatic heterocycles. The van der Waals surface area contributed by atoms with Gasteiger partial charge in [0.1, 0.15) is 10.7 Å². The molecule has 1 aliphatic rings. The molecule has 0 aliphatic heterocycles. The molecule has 0 saturated heterocycles. The fourth-order valence-corrected chi connectivity index (χ4v) is 3.32. The number of hydrogen-bond acceptors (Lipinski definition) is 4. The molecule has 1 fully saturated rings. The van der Waals surface area contributed by atoms with E-state index in [1.165, 1.54) is 19.2 Å². The summed E-state index contributed by atoms with van der Waals surface area (Å²) >= 11 is 0. The molecule has 0 spiro atoms. The largest absolute Gasteiger partial charge is 0.383 e. The lowest BCUT2D eigenvalue weighted by Crippen LogP contribution is -2.36. The van der Waals surface area contributed by atoms with Crippen molar-refractivity contribution in [3.8, 4) is 0 Å². The minimum atomic E-state index is -3.87. The second-order valence-corrected chi connectivity index (χ2v) is 7.08. The maximum atomic E-state index is 14.0. The van der Waals surface area contributed by atoms with Gasteiger partial charge in [-0.05, 0) is 37.5 Å². The fraction of sp³-hybridized carbons (Fsp3) is 0.571. The SMILES string of the molecule is COCC(C)NS(=O)(=O)c1ccc(CNC2CC2)cc1F. The summed E-state index contributed by atoms with van der Waals surface area (Å²) in [5.41, 5.74) is 0.739. The third-order valence-electron chi connectivity index (χ3n) is 3.23. The molecule has 1 atom stereocenters. The van der Waals surface area contributed by atoms with Gasteiger partial charge in [-0.15, -0.1) is 0 Å². The average Bonchev–Trinajstić information content (AvgIpc) is 3.19. The van der Waals surface area contributed by atoms with Crippen molar-refractivity contribution in [2.75, 3.05) is 13.7 Å². The zero-order chi connectivity index (χ0) is 15.5. The summed E-state index contributed by atoms with van der Waals surface area (Å²) in [5.74, 6) is -0.734. The monoisotopic (exact) mass is 316 g/mol. The van der Waals surface area contributed by atoms with Crippen LogP contribution in [0.4, 0.5) is 4.39 Å². The summed E-state index contributed by atoms with van der Waals surface area (Å²) in [6.07, 6.45) is 2.30. The molecular formula is C14H21FN2O3S. The van der Waals surface area contributed by atoms with Gasteiger partial charge in [0.15, 0.2) is 0 Å². The summed E-state index contributed by atoms with van der Waals surface area (Å²) in [6.45, 7) is 2.44. The van der Waals surface area contributed by atoms with E-state index in [0.717, 1.165) is 18.4 Å². The van der Waals surface area contributed by atoms with Gasteiger partial charge in [0.25, 0.3) is 0 Å². The minimum absolute atomic E-state index is 0.226. The number of methoxy groups -OCH3 is 1. The lowest BCUT2D eigenvalue weighted by atomic mass is 10.2. The van der Waals surface area contributed by atoms with Crippen molar-refractivity contribution in [1.82, 2.24) is 10.0 Å². The van der Waals surface area contributed by atoms with Gasteiger partial charge in [0.2, 0.25) is 10.0 Å². The first-order valence-electron chi connectivity index (χ1n) is 6.95. The van der Waals surface area contributed by atoms with Gasteiger partial charge >= 0.3 is 0 Å². The van der Waals surface area contributed by atoms with Crippen LogP contribution in [-0.2, 0) is 21.3 Å². The zero-order valence-electron chi connectivity index (χ0n) is 12.2. The lowest BCUT2D eigenvalue weighted by molar-refractivity contribution is 0.180. The second-order valence-electron chi connectivity index (χ2n) is 5.40. The molecule has 21 heavy (non-hydrogen) atoms. The van der Waals surface area contributed by atoms with Crippen LogP contribution in [-0.4, -0.2) is 34.2 Å². The van der Waals surface area contributed by atoms with Crippen LogP contribution in [0.1, 0.15) is 25.3 Å². The van der Waals surface area contributed by atoms with Crippen molar-refractivity contribution >= 4 is 10.0 Å². The molecule has 1 saturated carbocycles. The van der Waals surface area contributed by atoms with Crippen molar-refractivity contribution in [2.24, 2.45) is 0 Å². The molecule has 118 valence electrons. The first-order chi connectivity index (χ1) is 9.92. The molecule has 5 nitrogen and oxygen atoms in total. The van der Waals surface area contributed by atoms with Crippen LogP contribution >= 0.6 is 0 Å². The number of sulfonamides is 1. The Bertz CT molecular complexity index is 588. The third kappa shape index (κ3) is 4.74. The van der Waals surface area contributed by atoms with E-state index >= 15 is 0 Å². The Morgan fingerprint density at radius 2 is 2.14 bits per heavy atom. The molecule has 2 N–H and O–H groups in total. The summed E-state index contributed by atoms with van der Waals surface area (Å²) in [4.78, 5) is -0.333. The Hall–Kier alpha value is -1.02. The quantitative estimate of drug-likeness (QED) is 0.760. The molecule has 0 radical (unpaired) electrons. The van der Waals surface area contributed by atoms with Crippen LogP contribution in [0, 0.1) is 5.82 Å². The van der Waals surface area contributed by atoms with E-state index in [4.69, 9.17) is 4.74 Å². The summed E-state index contributed by atoms with van der Waals surface area (Å²) in [7, 11) is -2.39. The van der Waals surface area contributed by atoms with Crippen molar-refractivity contribution in [3.63, 3.8) is 0 Å². The van der Waals surface area contributed by atoms with Gasteiger partial charge in [0.05, 0.1) is 6.61 Å². The lowest BCUT2D eigenvalue weighted by Gasteiger charge is -2.14. The Morgan fingerprint density at radius 1 is 1.43 bits per heavy atom. The highest BCUT2D eigenvalue weighted by molar-refractivity contribution is 7.89. The Balaban J connectivity index is 2.07. The fourth-order valence-electron chi connectivity index (χ4n) is 2.03. The van der Waals surface area contributed by atoms with E-state index in [1.54, 1.807) is 13.0 Å². The van der Waals surface area contributed by atoms with E-state index < -0.39 is 21.9 Å². The van der Waals surface area contributed by atoms with E-state index in [-0.39, 0.29) is 11.5 Å². The number of nitrogens with one attached hydrogen (secondary N) is 2. The van der Waals surface area contributed by atoms with E-state index in [9.17, 15) is 12.8 Å². The molecule has 1 aromatic carbocycles. The molecule has 0 bridgehead atoms. The van der Waals surface area contributed by atoms with Crippen LogP contribution in [0.15, 0.2) is 23.1 Å². The Morgan fingerprint density at radius 3 is 2.71 bits per heavy atom. The van der Waals surface area contributed by atoms with Crippen LogP contribution in [0.5, 0.6) is 0 Å². The normalized spacial score (nSPS) is 16.9. The van der Waals surface area contributed by atoms with Gasteiger partial charge in [-0.25, -0.2) is 17.5 Å². The van der Waals surface area contributed by atoms with Gasteiger partial charge in [-0.3, -0.25) is 0 Å². The predicted octanol–water partition coefficient (Wildman–Crippen LogP) is 1.39. The van der Waals surface area contributed by atoms with Crippen LogP contribution in [0.3, 0.4) is 0 Å². The van der Waals surface area contributed by atoms with Gasteiger partial charge < -0.3 is 10.1 Å². The molecule has 2 rings (SSSR count). The van der Waals surface area contributed by atoms with Crippen LogP contribution < -0.4 is 10.0 Å². The molecule has 1 aromatic rings. The molecule has 1 unspecified atom stereocenters.